The van der Waals surface area contributed by atoms with Crippen molar-refractivity contribution in [3.8, 4) is 0 Å². The smallest absolute Gasteiger partial charge is 0.310 e. The van der Waals surface area contributed by atoms with E-state index in [1.54, 1.807) is 0 Å². The van der Waals surface area contributed by atoms with E-state index in [4.69, 9.17) is 10.3 Å². The van der Waals surface area contributed by atoms with Crippen LogP contribution in [0.3, 0.4) is 0 Å². The van der Waals surface area contributed by atoms with Crippen LogP contribution in [0.5, 0.6) is 0 Å². The molecule has 0 heterocycles. The molecule has 0 aromatic rings. The fourth-order valence-corrected chi connectivity index (χ4v) is 0. The van der Waals surface area contributed by atoms with Crippen molar-refractivity contribution in [2.24, 2.45) is 5.73 Å². The van der Waals surface area contributed by atoms with Crippen LogP contribution in [0.15, 0.2) is 0 Å². The number of nitrogens with two attached hydrogens (primary N) is 1. The van der Waals surface area contributed by atoms with Crippen molar-refractivity contribution < 1.29 is 4.57 Å². The van der Waals surface area contributed by atoms with E-state index in [9.17, 15) is 0 Å². The van der Waals surface area contributed by atoms with Crippen molar-refractivity contribution in [1.82, 2.24) is 0 Å². The largest absolute Gasteiger partial charge is 0.331 e. The predicted molar refractivity (Wildman–Crippen MR) is 25.1 cm³/mol. The third-order valence-corrected chi connectivity index (χ3v) is 0. The molecular formula is C2H9NOP+. The van der Waals surface area contributed by atoms with Gasteiger partial charge in [0.2, 0.25) is 0 Å². The van der Waals surface area contributed by atoms with E-state index in [-0.39, 0.29) is 0 Å². The Hall–Kier alpha value is 0.0600. The van der Waals surface area contributed by atoms with Crippen LogP contribution in [0, 0.1) is 0 Å². The van der Waals surface area contributed by atoms with Gasteiger partial charge in [-0.2, -0.15) is 0 Å². The zero-order chi connectivity index (χ0) is 4.71. The van der Waals surface area contributed by atoms with Crippen molar-refractivity contribution in [3.63, 3.8) is 0 Å². The molecule has 32 valence electrons. The molecule has 0 saturated carbocycles. The molecule has 3 heteroatoms. The Bertz CT molecular complexity index is 13.6. The lowest BCUT2D eigenvalue weighted by Gasteiger charge is -1.53. The SMILES string of the molecule is CCN.O=[PH2+]. The van der Waals surface area contributed by atoms with Gasteiger partial charge in [0.1, 0.15) is 0 Å². The van der Waals surface area contributed by atoms with Gasteiger partial charge in [-0.05, 0) is 6.54 Å². The van der Waals surface area contributed by atoms with Gasteiger partial charge in [-0.25, -0.2) is 0 Å². The van der Waals surface area contributed by atoms with Crippen LogP contribution in [-0.4, -0.2) is 6.54 Å². The lowest BCUT2D eigenvalue weighted by Crippen LogP contribution is -1.87. The third-order valence-electron chi connectivity index (χ3n) is 0. The second kappa shape index (κ2) is 33.8. The summed E-state index contributed by atoms with van der Waals surface area (Å²) in [6.45, 7) is 2.65. The average Bonchev–Trinajstić information content (AvgIpc) is 1.46. The van der Waals surface area contributed by atoms with Gasteiger partial charge in [-0.15, -0.1) is 0 Å². The highest BCUT2D eigenvalue weighted by Gasteiger charge is 1.32. The van der Waals surface area contributed by atoms with Gasteiger partial charge in [0.25, 0.3) is 0 Å². The highest BCUT2D eigenvalue weighted by Crippen LogP contribution is 1.23. The Morgan fingerprint density at radius 1 is 1.80 bits per heavy atom. The molecule has 1 unspecified atom stereocenters. The minimum absolute atomic E-state index is 0.750. The van der Waals surface area contributed by atoms with E-state index < -0.39 is 0 Å². The molecule has 0 rings (SSSR count). The van der Waals surface area contributed by atoms with Crippen LogP contribution in [0.25, 0.3) is 0 Å². The average molecular weight is 94.1 g/mol. The van der Waals surface area contributed by atoms with Crippen molar-refractivity contribution >= 4 is 9.12 Å². The van der Waals surface area contributed by atoms with Crippen molar-refractivity contribution in [2.75, 3.05) is 6.54 Å². The summed E-state index contributed by atoms with van der Waals surface area (Å²) >= 11 is 0. The lowest BCUT2D eigenvalue weighted by atomic mass is 10.8. The molecule has 0 amide bonds. The molecule has 0 aromatic heterocycles. The molecule has 0 aliphatic rings. The van der Waals surface area contributed by atoms with Crippen LogP contribution >= 0.6 is 9.12 Å². The van der Waals surface area contributed by atoms with Crippen LogP contribution in [0.2, 0.25) is 0 Å². The third kappa shape index (κ3) is 4790. The molecule has 5 heavy (non-hydrogen) atoms. The topological polar surface area (TPSA) is 43.1 Å². The molecule has 0 aliphatic carbocycles. The number of rotatable bonds is 0. The zero-order valence-electron chi connectivity index (χ0n) is 3.27. The second-order valence-corrected chi connectivity index (χ2v) is 0.408. The highest BCUT2D eigenvalue weighted by molar-refractivity contribution is 7.00. The van der Waals surface area contributed by atoms with E-state index in [0.717, 1.165) is 6.54 Å². The van der Waals surface area contributed by atoms with Crippen molar-refractivity contribution in [2.45, 2.75) is 6.92 Å². The minimum atomic E-state index is 0.750. The Labute approximate surface area is 34.0 Å². The van der Waals surface area contributed by atoms with Gasteiger partial charge in [0.15, 0.2) is 0 Å². The summed E-state index contributed by atoms with van der Waals surface area (Å²) in [7, 11) is 1.17. The first-order chi connectivity index (χ1) is 2.41. The predicted octanol–water partition coefficient (Wildman–Crippen LogP) is 0.172. The van der Waals surface area contributed by atoms with E-state index in [2.05, 4.69) is 0 Å². The highest BCUT2D eigenvalue weighted by atomic mass is 31.0. The lowest BCUT2D eigenvalue weighted by molar-refractivity contribution is 0.607. The van der Waals surface area contributed by atoms with Crippen LogP contribution in [0.1, 0.15) is 6.92 Å². The van der Waals surface area contributed by atoms with Gasteiger partial charge in [-0.1, -0.05) is 11.5 Å². The maximum Gasteiger partial charge on any atom is 0.310 e. The summed E-state index contributed by atoms with van der Waals surface area (Å²) in [5.41, 5.74) is 4.85. The van der Waals surface area contributed by atoms with E-state index in [0.29, 0.717) is 0 Å². The fourth-order valence-electron chi connectivity index (χ4n) is 0. The van der Waals surface area contributed by atoms with Crippen molar-refractivity contribution in [1.29, 1.82) is 0 Å². The summed E-state index contributed by atoms with van der Waals surface area (Å²) in [4.78, 5) is 0. The molecule has 0 saturated heterocycles. The van der Waals surface area contributed by atoms with Gasteiger partial charge < -0.3 is 5.73 Å². The summed E-state index contributed by atoms with van der Waals surface area (Å²) in [5.74, 6) is 0. The maximum absolute atomic E-state index is 8.17. The van der Waals surface area contributed by atoms with E-state index in [1.807, 2.05) is 6.92 Å². The molecule has 2 N–H and O–H groups in total. The normalized spacial score (nSPS) is 4.40. The molecule has 2 nitrogen and oxygen atoms in total. The maximum atomic E-state index is 8.17. The van der Waals surface area contributed by atoms with Crippen LogP contribution in [-0.2, 0) is 4.57 Å². The van der Waals surface area contributed by atoms with Gasteiger partial charge >= 0.3 is 9.12 Å². The Morgan fingerprint density at radius 2 is 1.80 bits per heavy atom. The molecule has 0 aromatic carbocycles. The zero-order valence-corrected chi connectivity index (χ0v) is 4.42. The van der Waals surface area contributed by atoms with E-state index in [1.165, 1.54) is 9.12 Å². The van der Waals surface area contributed by atoms with E-state index >= 15 is 0 Å². The first-order valence-corrected chi connectivity index (χ1v) is 1.82. The molecule has 0 radical (unpaired) electrons. The Kier molecular flexibility index (Phi) is 60.3. The molecule has 0 bridgehead atoms. The monoisotopic (exact) mass is 94.0 g/mol. The molecule has 0 fully saturated rings. The van der Waals surface area contributed by atoms with Gasteiger partial charge in [-0.3, -0.25) is 0 Å². The summed E-state index contributed by atoms with van der Waals surface area (Å²) in [6.07, 6.45) is 0. The summed E-state index contributed by atoms with van der Waals surface area (Å²) in [5, 5.41) is 0. The second-order valence-electron chi connectivity index (χ2n) is 0.408. The molecular weight excluding hydrogens is 85.0 g/mol. The summed E-state index contributed by atoms with van der Waals surface area (Å²) < 4.78 is 8.17. The minimum Gasteiger partial charge on any atom is -0.331 e. The van der Waals surface area contributed by atoms with Crippen LogP contribution < -0.4 is 5.73 Å². The first-order valence-electron chi connectivity index (χ1n) is 1.35. The first kappa shape index (κ1) is 8.91. The molecule has 1 atom stereocenters. The molecule has 0 aliphatic heterocycles. The summed E-state index contributed by atoms with van der Waals surface area (Å²) in [6, 6.07) is 0. The fraction of sp³-hybridized carbons (Fsp3) is 1.00. The quantitative estimate of drug-likeness (QED) is 0.435. The Balaban J connectivity index is 0. The molecule has 0 spiro atoms. The van der Waals surface area contributed by atoms with Gasteiger partial charge in [0, 0.05) is 0 Å². The standard InChI is InChI=1S/C2H7N.H2OP/c1-2-3;1-2/h2-3H2,1H3;2H2/q;+1. The Morgan fingerprint density at radius 3 is 1.80 bits per heavy atom. The van der Waals surface area contributed by atoms with Gasteiger partial charge in [0.05, 0.1) is 0 Å². The number of hydrogen-bond acceptors (Lipinski definition) is 2. The number of hydrogen-bond donors (Lipinski definition) is 1. The van der Waals surface area contributed by atoms with Crippen LogP contribution in [0.4, 0.5) is 0 Å². The van der Waals surface area contributed by atoms with Crippen molar-refractivity contribution in [3.05, 3.63) is 0 Å².